The molecule has 1 aromatic carbocycles. The van der Waals surface area contributed by atoms with Gasteiger partial charge in [0.15, 0.2) is 0 Å². The van der Waals surface area contributed by atoms with Crippen LogP contribution in [0.2, 0.25) is 0 Å². The third-order valence-corrected chi connectivity index (χ3v) is 2.08. The zero-order valence-electron chi connectivity index (χ0n) is 7.07. The number of hydrogen-bond acceptors (Lipinski definition) is 1. The van der Waals surface area contributed by atoms with E-state index in [-0.39, 0.29) is 0 Å². The molecule has 2 N–H and O–H groups in total. The first-order valence-electron chi connectivity index (χ1n) is 3.78. The lowest BCUT2D eigenvalue weighted by Crippen LogP contribution is -1.85. The molecule has 62 valence electrons. The molecule has 1 rings (SSSR count). The molecule has 1 nitrogen and oxygen atoms in total. The molecule has 0 aliphatic rings. The molecular formula is C10H12NP. The molecule has 2 heteroatoms. The minimum atomic E-state index is 1.18. The summed E-state index contributed by atoms with van der Waals surface area (Å²) < 4.78 is 0. The van der Waals surface area contributed by atoms with Gasteiger partial charge in [0.05, 0.1) is 0 Å². The summed E-state index contributed by atoms with van der Waals surface area (Å²) in [4.78, 5) is 0. The van der Waals surface area contributed by atoms with Gasteiger partial charge in [-0.1, -0.05) is 24.3 Å². The van der Waals surface area contributed by atoms with Crippen LogP contribution in [-0.2, 0) is 0 Å². The zero-order valence-corrected chi connectivity index (χ0v) is 7.96. The van der Waals surface area contributed by atoms with Crippen molar-refractivity contribution in [2.75, 3.05) is 6.66 Å². The molecule has 0 amide bonds. The minimum absolute atomic E-state index is 1.18. The Bertz CT molecular complexity index is 271. The summed E-state index contributed by atoms with van der Waals surface area (Å²) in [5, 5.41) is 0. The largest absolute Gasteiger partial charge is 0.405 e. The maximum absolute atomic E-state index is 5.33. The van der Waals surface area contributed by atoms with Crippen molar-refractivity contribution in [2.45, 2.75) is 0 Å². The Hall–Kier alpha value is -1.07. The average Bonchev–Trinajstić information content (AvgIpc) is 2.09. The van der Waals surface area contributed by atoms with Crippen LogP contribution in [0.15, 0.2) is 30.5 Å². The summed E-state index contributed by atoms with van der Waals surface area (Å²) in [5.41, 5.74) is 7.74. The van der Waals surface area contributed by atoms with Gasteiger partial charge < -0.3 is 5.73 Å². The first kappa shape index (κ1) is 9.02. The minimum Gasteiger partial charge on any atom is -0.405 e. The molecule has 0 unspecified atom stereocenters. The molecule has 0 saturated carbocycles. The Morgan fingerprint density at radius 1 is 1.25 bits per heavy atom. The van der Waals surface area contributed by atoms with Crippen LogP contribution in [0.3, 0.4) is 0 Å². The lowest BCUT2D eigenvalue weighted by molar-refractivity contribution is 1.59. The molecular weight excluding hydrogens is 165 g/mol. The third-order valence-electron chi connectivity index (χ3n) is 1.54. The molecule has 0 spiro atoms. The van der Waals surface area contributed by atoms with Gasteiger partial charge in [0.2, 0.25) is 0 Å². The van der Waals surface area contributed by atoms with Crippen LogP contribution in [0.25, 0.3) is 6.08 Å². The Balaban J connectivity index is 3.08. The highest BCUT2D eigenvalue weighted by Gasteiger charge is 1.91. The molecule has 0 aliphatic heterocycles. The van der Waals surface area contributed by atoms with E-state index in [0.29, 0.717) is 0 Å². The van der Waals surface area contributed by atoms with E-state index in [2.05, 4.69) is 24.6 Å². The van der Waals surface area contributed by atoms with Crippen LogP contribution in [0.1, 0.15) is 11.1 Å². The molecule has 0 radical (unpaired) electrons. The quantitative estimate of drug-likeness (QED) is 0.689. The van der Waals surface area contributed by atoms with Crippen molar-refractivity contribution < 1.29 is 0 Å². The van der Waals surface area contributed by atoms with E-state index in [1.165, 1.54) is 19.3 Å². The van der Waals surface area contributed by atoms with Crippen LogP contribution in [0.4, 0.5) is 0 Å². The van der Waals surface area contributed by atoms with Crippen molar-refractivity contribution in [1.29, 1.82) is 0 Å². The first-order valence-corrected chi connectivity index (χ1v) is 5.19. The molecule has 0 bridgehead atoms. The molecule has 0 aliphatic carbocycles. The zero-order chi connectivity index (χ0) is 8.81. The van der Waals surface area contributed by atoms with Gasteiger partial charge in [0.1, 0.15) is 0 Å². The van der Waals surface area contributed by atoms with E-state index in [0.717, 1.165) is 0 Å². The van der Waals surface area contributed by atoms with Crippen LogP contribution in [0, 0.1) is 0 Å². The van der Waals surface area contributed by atoms with E-state index in [4.69, 9.17) is 5.73 Å². The highest BCUT2D eigenvalue weighted by Crippen LogP contribution is 2.09. The topological polar surface area (TPSA) is 26.0 Å². The van der Waals surface area contributed by atoms with Gasteiger partial charge in [-0.15, -0.1) is 8.20 Å². The van der Waals surface area contributed by atoms with E-state index in [9.17, 15) is 0 Å². The molecule has 0 atom stereocenters. The Morgan fingerprint density at radius 3 is 2.50 bits per heavy atom. The lowest BCUT2D eigenvalue weighted by atomic mass is 10.1. The summed E-state index contributed by atoms with van der Waals surface area (Å²) in [6, 6.07) is 8.19. The number of hydrogen-bond donors (Lipinski definition) is 1. The smallest absolute Gasteiger partial charge is 0.00561 e. The van der Waals surface area contributed by atoms with Crippen molar-refractivity contribution in [3.05, 3.63) is 41.6 Å². The van der Waals surface area contributed by atoms with Gasteiger partial charge >= 0.3 is 0 Å². The molecule has 0 saturated heterocycles. The number of rotatable bonds is 2. The summed E-state index contributed by atoms with van der Waals surface area (Å²) in [6.45, 7) is 2.10. The standard InChI is InChI=1S/C10H12NP/c1-12-8-10-5-3-2-4-9(10)6-7-11/h2-8H,11H2,1H3/b7-6-. The highest BCUT2D eigenvalue weighted by molar-refractivity contribution is 7.38. The van der Waals surface area contributed by atoms with Crippen molar-refractivity contribution in [3.8, 4) is 0 Å². The van der Waals surface area contributed by atoms with Crippen molar-refractivity contribution >= 4 is 20.1 Å². The summed E-state index contributed by atoms with van der Waals surface area (Å²) in [7, 11) is 1.27. The molecule has 0 fully saturated rings. The number of nitrogens with two attached hydrogens (primary N) is 1. The summed E-state index contributed by atoms with van der Waals surface area (Å²) in [6.07, 6.45) is 3.48. The second kappa shape index (κ2) is 4.74. The van der Waals surface area contributed by atoms with Crippen LogP contribution in [-0.4, -0.2) is 12.5 Å². The predicted molar refractivity (Wildman–Crippen MR) is 57.7 cm³/mol. The average molecular weight is 177 g/mol. The van der Waals surface area contributed by atoms with E-state index >= 15 is 0 Å². The molecule has 12 heavy (non-hydrogen) atoms. The summed E-state index contributed by atoms with van der Waals surface area (Å²) >= 11 is 0. The van der Waals surface area contributed by atoms with Gasteiger partial charge in [-0.05, 0) is 35.9 Å². The van der Waals surface area contributed by atoms with Gasteiger partial charge in [-0.3, -0.25) is 0 Å². The van der Waals surface area contributed by atoms with E-state index < -0.39 is 0 Å². The van der Waals surface area contributed by atoms with Crippen molar-refractivity contribution in [3.63, 3.8) is 0 Å². The van der Waals surface area contributed by atoms with E-state index in [1.54, 1.807) is 6.20 Å². The van der Waals surface area contributed by atoms with Gasteiger partial charge in [-0.2, -0.15) is 0 Å². The summed E-state index contributed by atoms with van der Waals surface area (Å²) in [5.74, 6) is 2.16. The SMILES string of the molecule is CP=Cc1ccccc1/C=C\N. The van der Waals surface area contributed by atoms with Crippen molar-refractivity contribution in [2.24, 2.45) is 5.73 Å². The fourth-order valence-corrected chi connectivity index (χ4v) is 1.54. The second-order valence-electron chi connectivity index (χ2n) is 2.38. The van der Waals surface area contributed by atoms with Gasteiger partial charge in [-0.25, -0.2) is 0 Å². The molecule has 0 aromatic heterocycles. The van der Waals surface area contributed by atoms with E-state index in [1.807, 2.05) is 18.2 Å². The fourth-order valence-electron chi connectivity index (χ4n) is 1.02. The molecule has 0 heterocycles. The van der Waals surface area contributed by atoms with Crippen LogP contribution in [0.5, 0.6) is 0 Å². The normalized spacial score (nSPS) is 11.4. The van der Waals surface area contributed by atoms with Gasteiger partial charge in [0, 0.05) is 0 Å². The third kappa shape index (κ3) is 2.21. The molecule has 1 aromatic rings. The maximum atomic E-state index is 5.33. The predicted octanol–water partition coefficient (Wildman–Crippen LogP) is 2.34. The lowest BCUT2D eigenvalue weighted by Gasteiger charge is -1.97. The van der Waals surface area contributed by atoms with Crippen LogP contribution < -0.4 is 5.73 Å². The maximum Gasteiger partial charge on any atom is -0.00561 e. The monoisotopic (exact) mass is 177 g/mol. The Kier molecular flexibility index (Phi) is 3.56. The van der Waals surface area contributed by atoms with Crippen molar-refractivity contribution in [1.82, 2.24) is 0 Å². The van der Waals surface area contributed by atoms with Crippen LogP contribution >= 0.6 is 8.20 Å². The Morgan fingerprint density at radius 2 is 1.92 bits per heavy atom. The first-order chi connectivity index (χ1) is 5.88. The number of benzene rings is 1. The second-order valence-corrected chi connectivity index (χ2v) is 3.15. The fraction of sp³-hybridized carbons (Fsp3) is 0.100. The Labute approximate surface area is 74.7 Å². The highest BCUT2D eigenvalue weighted by atomic mass is 31.1. The van der Waals surface area contributed by atoms with Gasteiger partial charge in [0.25, 0.3) is 0 Å².